The first-order valence-electron chi connectivity index (χ1n) is 31.6. The molecular formula is C73H114O6. The van der Waals surface area contributed by atoms with E-state index < -0.39 is 6.10 Å². The van der Waals surface area contributed by atoms with Gasteiger partial charge in [-0.15, -0.1) is 0 Å². The fraction of sp³-hybridized carbons (Fsp3) is 0.575. The van der Waals surface area contributed by atoms with Crippen molar-refractivity contribution in [2.24, 2.45) is 0 Å². The Morgan fingerprint density at radius 2 is 0.506 bits per heavy atom. The zero-order valence-corrected chi connectivity index (χ0v) is 50.6. The Morgan fingerprint density at radius 1 is 0.266 bits per heavy atom. The third-order valence-electron chi connectivity index (χ3n) is 12.7. The molecule has 0 rings (SSSR count). The van der Waals surface area contributed by atoms with Crippen LogP contribution in [0.3, 0.4) is 0 Å². The van der Waals surface area contributed by atoms with Crippen molar-refractivity contribution in [3.05, 3.63) is 170 Å². The molecule has 0 spiro atoms. The maximum atomic E-state index is 12.9. The normalized spacial score (nSPS) is 13.3. The monoisotopic (exact) mass is 1090 g/mol. The summed E-state index contributed by atoms with van der Waals surface area (Å²) in [5.74, 6) is -1.00. The SMILES string of the molecule is CC/C=C\C/C=C\C/C=C\C/C=C\C/C=C\C/C=C\C/C=C\CCCCCCCC(=O)OCC(COC(=O)CCCCCCCCCCCCC)OC(=O)CCC/C=C\C/C=C\C/C=C\C/C=C\C/C=C\C/C=C\C/C=C\CC. The highest BCUT2D eigenvalue weighted by molar-refractivity contribution is 5.71. The molecule has 6 heteroatoms. The van der Waals surface area contributed by atoms with Gasteiger partial charge in [0, 0.05) is 19.3 Å². The van der Waals surface area contributed by atoms with Crippen LogP contribution in [0.2, 0.25) is 0 Å². The first-order valence-corrected chi connectivity index (χ1v) is 31.6. The van der Waals surface area contributed by atoms with Crippen LogP contribution in [0.1, 0.15) is 252 Å². The van der Waals surface area contributed by atoms with Gasteiger partial charge in [-0.3, -0.25) is 14.4 Å². The van der Waals surface area contributed by atoms with E-state index in [4.69, 9.17) is 14.2 Å². The summed E-state index contributed by atoms with van der Waals surface area (Å²) in [7, 11) is 0. The lowest BCUT2D eigenvalue weighted by molar-refractivity contribution is -0.167. The number of hydrogen-bond acceptors (Lipinski definition) is 6. The molecule has 6 nitrogen and oxygen atoms in total. The molecule has 0 saturated carbocycles. The zero-order chi connectivity index (χ0) is 57.1. The Hall–Kier alpha value is -5.23. The fourth-order valence-corrected chi connectivity index (χ4v) is 8.06. The quantitative estimate of drug-likeness (QED) is 0.0261. The Kier molecular flexibility index (Phi) is 61.0. The topological polar surface area (TPSA) is 78.9 Å². The van der Waals surface area contributed by atoms with Gasteiger partial charge in [-0.1, -0.05) is 274 Å². The zero-order valence-electron chi connectivity index (χ0n) is 50.6. The van der Waals surface area contributed by atoms with Gasteiger partial charge in [0.15, 0.2) is 6.10 Å². The third kappa shape index (κ3) is 63.5. The minimum atomic E-state index is -0.825. The Labute approximate surface area is 485 Å². The molecular weight excluding hydrogens is 973 g/mol. The van der Waals surface area contributed by atoms with Gasteiger partial charge in [0.25, 0.3) is 0 Å². The first kappa shape index (κ1) is 73.8. The van der Waals surface area contributed by atoms with Crippen LogP contribution in [0.5, 0.6) is 0 Å². The third-order valence-corrected chi connectivity index (χ3v) is 12.7. The predicted molar refractivity (Wildman–Crippen MR) is 343 cm³/mol. The highest BCUT2D eigenvalue weighted by atomic mass is 16.6. The molecule has 0 aromatic heterocycles. The molecule has 0 aliphatic rings. The average Bonchev–Trinajstić information content (AvgIpc) is 3.45. The lowest BCUT2D eigenvalue weighted by Gasteiger charge is -2.18. The van der Waals surface area contributed by atoms with Gasteiger partial charge >= 0.3 is 17.9 Å². The number of esters is 3. The summed E-state index contributed by atoms with van der Waals surface area (Å²) in [6.45, 7) is 6.33. The molecule has 0 radical (unpaired) electrons. The number of rotatable bonds is 55. The van der Waals surface area contributed by atoms with Gasteiger partial charge < -0.3 is 14.2 Å². The van der Waals surface area contributed by atoms with Crippen molar-refractivity contribution >= 4 is 17.9 Å². The van der Waals surface area contributed by atoms with Crippen LogP contribution in [0.15, 0.2) is 170 Å². The molecule has 0 aliphatic heterocycles. The van der Waals surface area contributed by atoms with Gasteiger partial charge in [-0.05, 0) is 128 Å². The van der Waals surface area contributed by atoms with Crippen molar-refractivity contribution in [1.29, 1.82) is 0 Å². The minimum absolute atomic E-state index is 0.114. The van der Waals surface area contributed by atoms with Crippen molar-refractivity contribution in [2.75, 3.05) is 13.2 Å². The standard InChI is InChI=1S/C73H114O6/c1-4-7-10-13-16-19-22-24-26-28-30-32-34-35-36-37-39-40-42-44-46-48-51-54-57-60-63-66-72(75)78-69-70(68-77-71(74)65-62-59-56-53-50-21-18-15-12-9-6-3)79-73(76)67-64-61-58-55-52-49-47-45-43-41-38-33-31-29-27-25-23-20-17-14-11-8-5-2/h7-8,10-11,16-17,19-20,24-27,30-33,35-36,39-41,43-44,46-47,49,55,58,70H,4-6,9,12-15,18,21-23,28-29,34,37-38,42,45,48,50-54,56-57,59-69H2,1-3H3/b10-7-,11-8-,19-16-,20-17-,26-24-,27-25-,32-30-,33-31-,36-35-,40-39-,43-41-,46-44-,49-47-,58-55-. The van der Waals surface area contributed by atoms with Crippen LogP contribution < -0.4 is 0 Å². The summed E-state index contributed by atoms with van der Waals surface area (Å²) in [6, 6.07) is 0. The van der Waals surface area contributed by atoms with E-state index in [0.717, 1.165) is 154 Å². The van der Waals surface area contributed by atoms with Gasteiger partial charge in [0.1, 0.15) is 13.2 Å². The van der Waals surface area contributed by atoms with E-state index in [1.807, 2.05) is 0 Å². The highest BCUT2D eigenvalue weighted by Gasteiger charge is 2.19. The van der Waals surface area contributed by atoms with Gasteiger partial charge in [-0.25, -0.2) is 0 Å². The summed E-state index contributed by atoms with van der Waals surface area (Å²) in [5, 5.41) is 0. The van der Waals surface area contributed by atoms with E-state index in [-0.39, 0.29) is 37.5 Å². The molecule has 442 valence electrons. The maximum absolute atomic E-state index is 12.9. The lowest BCUT2D eigenvalue weighted by Crippen LogP contribution is -2.30. The van der Waals surface area contributed by atoms with Gasteiger partial charge in [0.2, 0.25) is 0 Å². The van der Waals surface area contributed by atoms with Crippen molar-refractivity contribution in [3.8, 4) is 0 Å². The number of allylic oxidation sites excluding steroid dienone is 28. The Bertz CT molecular complexity index is 1820. The molecule has 1 unspecified atom stereocenters. The van der Waals surface area contributed by atoms with E-state index >= 15 is 0 Å². The second kappa shape index (κ2) is 65.3. The summed E-state index contributed by atoms with van der Waals surface area (Å²) in [4.78, 5) is 38.2. The largest absolute Gasteiger partial charge is 0.462 e. The molecule has 0 aliphatic carbocycles. The van der Waals surface area contributed by atoms with Crippen LogP contribution in [0.4, 0.5) is 0 Å². The molecule has 1 atom stereocenters. The van der Waals surface area contributed by atoms with Crippen molar-refractivity contribution < 1.29 is 28.6 Å². The molecule has 0 amide bonds. The van der Waals surface area contributed by atoms with E-state index in [1.165, 1.54) is 51.4 Å². The highest BCUT2D eigenvalue weighted by Crippen LogP contribution is 2.14. The average molecular weight is 1090 g/mol. The van der Waals surface area contributed by atoms with Gasteiger partial charge in [-0.2, -0.15) is 0 Å². The number of carbonyl (C=O) groups excluding carboxylic acids is 3. The number of unbranched alkanes of at least 4 members (excludes halogenated alkanes) is 16. The smallest absolute Gasteiger partial charge is 0.306 e. The van der Waals surface area contributed by atoms with Crippen molar-refractivity contribution in [1.82, 2.24) is 0 Å². The lowest BCUT2D eigenvalue weighted by atomic mass is 10.1. The maximum Gasteiger partial charge on any atom is 0.306 e. The van der Waals surface area contributed by atoms with Crippen LogP contribution in [-0.2, 0) is 28.6 Å². The van der Waals surface area contributed by atoms with E-state index in [0.29, 0.717) is 19.3 Å². The van der Waals surface area contributed by atoms with Gasteiger partial charge in [0.05, 0.1) is 0 Å². The van der Waals surface area contributed by atoms with Crippen LogP contribution in [0, 0.1) is 0 Å². The van der Waals surface area contributed by atoms with Crippen LogP contribution >= 0.6 is 0 Å². The van der Waals surface area contributed by atoms with E-state index in [1.54, 1.807) is 0 Å². The Morgan fingerprint density at radius 3 is 0.810 bits per heavy atom. The molecule has 0 aromatic rings. The second-order valence-corrected chi connectivity index (χ2v) is 20.2. The molecule has 0 heterocycles. The minimum Gasteiger partial charge on any atom is -0.462 e. The molecule has 79 heavy (non-hydrogen) atoms. The van der Waals surface area contributed by atoms with Crippen molar-refractivity contribution in [3.63, 3.8) is 0 Å². The molecule has 0 saturated heterocycles. The first-order chi connectivity index (χ1) is 39.0. The van der Waals surface area contributed by atoms with Crippen LogP contribution in [0.25, 0.3) is 0 Å². The molecule has 0 fully saturated rings. The van der Waals surface area contributed by atoms with E-state index in [9.17, 15) is 14.4 Å². The molecule has 0 bridgehead atoms. The number of hydrogen-bond donors (Lipinski definition) is 0. The van der Waals surface area contributed by atoms with Crippen molar-refractivity contribution in [2.45, 2.75) is 258 Å². The van der Waals surface area contributed by atoms with Crippen LogP contribution in [-0.4, -0.2) is 37.2 Å². The molecule has 0 aromatic carbocycles. The summed E-state index contributed by atoms with van der Waals surface area (Å²) < 4.78 is 16.8. The van der Waals surface area contributed by atoms with E-state index in [2.05, 4.69) is 191 Å². The summed E-state index contributed by atoms with van der Waals surface area (Å²) >= 11 is 0. The number of ether oxygens (including phenoxy) is 3. The molecule has 0 N–H and O–H groups in total. The predicted octanol–water partition coefficient (Wildman–Crippen LogP) is 21.9. The second-order valence-electron chi connectivity index (χ2n) is 20.2. The summed E-state index contributed by atoms with van der Waals surface area (Å²) in [5.41, 5.74) is 0. The fourth-order valence-electron chi connectivity index (χ4n) is 8.06. The summed E-state index contributed by atoms with van der Waals surface area (Å²) in [6.07, 6.45) is 96.4. The Balaban J connectivity index is 4.47. The number of carbonyl (C=O) groups is 3.